The second kappa shape index (κ2) is 8.76. The van der Waals surface area contributed by atoms with Crippen LogP contribution in [-0.4, -0.2) is 34.8 Å². The molecule has 21 heavy (non-hydrogen) atoms. The fourth-order valence-electron chi connectivity index (χ4n) is 1.41. The Morgan fingerprint density at radius 2 is 1.57 bits per heavy atom. The van der Waals surface area contributed by atoms with Gasteiger partial charge in [0.1, 0.15) is 5.75 Å². The van der Waals surface area contributed by atoms with E-state index in [1.54, 1.807) is 7.11 Å². The molecule has 0 saturated carbocycles. The van der Waals surface area contributed by atoms with Crippen molar-refractivity contribution in [1.82, 2.24) is 0 Å². The van der Waals surface area contributed by atoms with Gasteiger partial charge in [-0.15, -0.1) is 0 Å². The van der Waals surface area contributed by atoms with Crippen LogP contribution in [0, 0.1) is 0 Å². The lowest BCUT2D eigenvalue weighted by atomic mass is 9.96. The van der Waals surface area contributed by atoms with Gasteiger partial charge in [0.2, 0.25) is 0 Å². The van der Waals surface area contributed by atoms with E-state index in [0.29, 0.717) is 12.2 Å². The fourth-order valence-corrected chi connectivity index (χ4v) is 1.41. The van der Waals surface area contributed by atoms with Crippen LogP contribution in [-0.2, 0) is 16.0 Å². The predicted molar refractivity (Wildman–Crippen MR) is 79.4 cm³/mol. The number of rotatable bonds is 5. The lowest BCUT2D eigenvalue weighted by molar-refractivity contribution is -0.134. The molecule has 0 aliphatic heterocycles. The number of carboxylic acids is 2. The summed E-state index contributed by atoms with van der Waals surface area (Å²) in [6, 6.07) is 8.02. The Kier molecular flexibility index (Phi) is 7.78. The number of methoxy groups -OCH3 is 1. The van der Waals surface area contributed by atoms with Gasteiger partial charge >= 0.3 is 11.9 Å². The summed E-state index contributed by atoms with van der Waals surface area (Å²) in [5, 5.41) is 15.6. The van der Waals surface area contributed by atoms with Crippen LogP contribution in [0.2, 0.25) is 0 Å². The molecule has 1 aromatic carbocycles. The predicted octanol–water partition coefficient (Wildman–Crippen LogP) is 1.69. The number of nitrogens with two attached hydrogens (primary N) is 1. The number of ether oxygens (including phenoxy) is 1. The number of carbonyl (C=O) groups is 2. The zero-order chi connectivity index (χ0) is 16.5. The SMILES string of the molecule is COc1ccc(CC(C)(C)N)cc1.O=C(O)/C=C\C(=O)O. The first-order chi connectivity index (χ1) is 9.64. The molecular weight excluding hydrogens is 274 g/mol. The van der Waals surface area contributed by atoms with Crippen LogP contribution in [0.1, 0.15) is 19.4 Å². The van der Waals surface area contributed by atoms with E-state index in [1.165, 1.54) is 5.56 Å². The van der Waals surface area contributed by atoms with Crippen molar-refractivity contribution in [1.29, 1.82) is 0 Å². The summed E-state index contributed by atoms with van der Waals surface area (Å²) < 4.78 is 5.07. The summed E-state index contributed by atoms with van der Waals surface area (Å²) >= 11 is 0. The van der Waals surface area contributed by atoms with E-state index in [2.05, 4.69) is 0 Å². The maximum absolute atomic E-state index is 9.55. The highest BCUT2D eigenvalue weighted by Crippen LogP contribution is 2.14. The van der Waals surface area contributed by atoms with E-state index in [-0.39, 0.29) is 5.54 Å². The zero-order valence-electron chi connectivity index (χ0n) is 12.4. The van der Waals surface area contributed by atoms with Crippen LogP contribution in [0.5, 0.6) is 5.75 Å². The molecule has 0 unspecified atom stereocenters. The van der Waals surface area contributed by atoms with Crippen LogP contribution >= 0.6 is 0 Å². The average Bonchev–Trinajstić information content (AvgIpc) is 2.36. The van der Waals surface area contributed by atoms with Crippen molar-refractivity contribution >= 4 is 11.9 Å². The first-order valence-corrected chi connectivity index (χ1v) is 6.20. The van der Waals surface area contributed by atoms with Gasteiger partial charge in [-0.1, -0.05) is 12.1 Å². The number of aliphatic carboxylic acids is 2. The van der Waals surface area contributed by atoms with Crippen LogP contribution in [0.3, 0.4) is 0 Å². The van der Waals surface area contributed by atoms with Crippen molar-refractivity contribution in [2.75, 3.05) is 7.11 Å². The van der Waals surface area contributed by atoms with Gasteiger partial charge in [-0.05, 0) is 38.0 Å². The molecule has 0 bridgehead atoms. The Morgan fingerprint density at radius 1 is 1.14 bits per heavy atom. The lowest BCUT2D eigenvalue weighted by Crippen LogP contribution is -2.34. The third kappa shape index (κ3) is 11.2. The lowest BCUT2D eigenvalue weighted by Gasteiger charge is -2.18. The van der Waals surface area contributed by atoms with E-state index in [1.807, 2.05) is 38.1 Å². The molecule has 0 spiro atoms. The molecule has 4 N–H and O–H groups in total. The van der Waals surface area contributed by atoms with Crippen LogP contribution in [0.4, 0.5) is 0 Å². The molecule has 116 valence electrons. The van der Waals surface area contributed by atoms with Crippen molar-refractivity contribution in [2.45, 2.75) is 25.8 Å². The minimum Gasteiger partial charge on any atom is -0.497 e. The van der Waals surface area contributed by atoms with Gasteiger partial charge in [0.05, 0.1) is 7.11 Å². The molecule has 0 atom stereocenters. The van der Waals surface area contributed by atoms with Gasteiger partial charge in [-0.2, -0.15) is 0 Å². The van der Waals surface area contributed by atoms with Gasteiger partial charge in [-0.25, -0.2) is 9.59 Å². The van der Waals surface area contributed by atoms with Gasteiger partial charge in [0, 0.05) is 17.7 Å². The minimum atomic E-state index is -1.26. The summed E-state index contributed by atoms with van der Waals surface area (Å²) in [6.45, 7) is 4.05. The normalized spacial score (nSPS) is 10.7. The average molecular weight is 295 g/mol. The molecule has 1 rings (SSSR count). The largest absolute Gasteiger partial charge is 0.497 e. The van der Waals surface area contributed by atoms with Crippen LogP contribution in [0.25, 0.3) is 0 Å². The maximum atomic E-state index is 9.55. The van der Waals surface area contributed by atoms with Crippen molar-refractivity contribution < 1.29 is 24.5 Å². The van der Waals surface area contributed by atoms with E-state index in [0.717, 1.165) is 12.2 Å². The van der Waals surface area contributed by atoms with E-state index < -0.39 is 11.9 Å². The Hall–Kier alpha value is -2.34. The van der Waals surface area contributed by atoms with Crippen molar-refractivity contribution in [2.24, 2.45) is 5.73 Å². The highest BCUT2D eigenvalue weighted by atomic mass is 16.5. The molecule has 0 saturated heterocycles. The summed E-state index contributed by atoms with van der Waals surface area (Å²) in [4.78, 5) is 19.1. The Morgan fingerprint density at radius 3 is 1.86 bits per heavy atom. The first kappa shape index (κ1) is 18.7. The quantitative estimate of drug-likeness (QED) is 0.713. The molecule has 0 radical (unpaired) electrons. The molecule has 0 aliphatic rings. The molecule has 0 aromatic heterocycles. The Balaban J connectivity index is 0.000000433. The fraction of sp³-hybridized carbons (Fsp3) is 0.333. The number of benzene rings is 1. The first-order valence-electron chi connectivity index (χ1n) is 6.20. The standard InChI is InChI=1S/C11H17NO.C4H4O4/c1-11(2,12)8-9-4-6-10(13-3)7-5-9;5-3(6)1-2-4(7)8/h4-7H,8,12H2,1-3H3;1-2H,(H,5,6)(H,7,8)/b;2-1-. The van der Waals surface area contributed by atoms with Crippen molar-refractivity contribution in [3.63, 3.8) is 0 Å². The van der Waals surface area contributed by atoms with Crippen molar-refractivity contribution in [3.05, 3.63) is 42.0 Å². The van der Waals surface area contributed by atoms with Crippen LogP contribution < -0.4 is 10.5 Å². The van der Waals surface area contributed by atoms with Gasteiger partial charge in [0.25, 0.3) is 0 Å². The van der Waals surface area contributed by atoms with Crippen molar-refractivity contribution in [3.8, 4) is 5.75 Å². The van der Waals surface area contributed by atoms with E-state index in [9.17, 15) is 9.59 Å². The van der Waals surface area contributed by atoms with Gasteiger partial charge < -0.3 is 20.7 Å². The van der Waals surface area contributed by atoms with Gasteiger partial charge in [-0.3, -0.25) is 0 Å². The molecule has 0 amide bonds. The Bertz CT molecular complexity index is 470. The zero-order valence-corrected chi connectivity index (χ0v) is 12.4. The highest BCUT2D eigenvalue weighted by Gasteiger charge is 2.10. The summed E-state index contributed by atoms with van der Waals surface area (Å²) in [5.41, 5.74) is 7.01. The van der Waals surface area contributed by atoms with Crippen LogP contribution in [0.15, 0.2) is 36.4 Å². The molecule has 6 nitrogen and oxygen atoms in total. The summed E-state index contributed by atoms with van der Waals surface area (Å²) in [6.07, 6.45) is 2.00. The molecule has 1 aromatic rings. The number of carboxylic acid groups (broad SMARTS) is 2. The second-order valence-corrected chi connectivity index (χ2v) is 5.02. The topological polar surface area (TPSA) is 110 Å². The minimum absolute atomic E-state index is 0.144. The third-order valence-corrected chi connectivity index (χ3v) is 2.19. The molecule has 0 heterocycles. The summed E-state index contributed by atoms with van der Waals surface area (Å²) in [7, 11) is 1.67. The molecular formula is C15H21NO5. The smallest absolute Gasteiger partial charge is 0.328 e. The van der Waals surface area contributed by atoms with Gasteiger partial charge in [0.15, 0.2) is 0 Å². The molecule has 0 aliphatic carbocycles. The molecule has 6 heteroatoms. The van der Waals surface area contributed by atoms with E-state index >= 15 is 0 Å². The summed E-state index contributed by atoms with van der Waals surface area (Å²) in [5.74, 6) is -1.63. The van der Waals surface area contributed by atoms with E-state index in [4.69, 9.17) is 20.7 Å². The number of hydrogen-bond donors (Lipinski definition) is 3. The second-order valence-electron chi connectivity index (χ2n) is 5.02. The maximum Gasteiger partial charge on any atom is 0.328 e. The highest BCUT2D eigenvalue weighted by molar-refractivity contribution is 5.89. The molecule has 0 fully saturated rings. The Labute approximate surface area is 123 Å². The third-order valence-electron chi connectivity index (χ3n) is 2.19. The number of hydrogen-bond acceptors (Lipinski definition) is 4. The monoisotopic (exact) mass is 295 g/mol.